The number of hydrogen-bond acceptors (Lipinski definition) is 4. The van der Waals surface area contributed by atoms with Crippen molar-refractivity contribution >= 4 is 69.7 Å². The lowest BCUT2D eigenvalue weighted by molar-refractivity contribution is -0.116. The quantitative estimate of drug-likeness (QED) is 0.0844. The molecule has 1 amide bonds. The molecule has 0 unspecified atom stereocenters. The number of H-pyrrole nitrogens is 2. The van der Waals surface area contributed by atoms with Gasteiger partial charge in [-0.15, -0.1) is 0 Å². The highest BCUT2D eigenvalue weighted by Gasteiger charge is 2.19. The molecule has 5 heterocycles. The van der Waals surface area contributed by atoms with Gasteiger partial charge in [-0.3, -0.25) is 4.79 Å². The number of unbranched alkanes of at least 4 members (excludes halogenated alkanes) is 7. The highest BCUT2D eigenvalue weighted by Crippen LogP contribution is 2.39. The Balaban J connectivity index is 1.16. The zero-order chi connectivity index (χ0) is 45.4. The maximum absolute atomic E-state index is 13.1. The Hall–Kier alpha value is -6.70. The topological polar surface area (TPSA) is 86.5 Å². The predicted octanol–water partition coefficient (Wildman–Crippen LogP) is 16.1. The van der Waals surface area contributed by atoms with Crippen molar-refractivity contribution in [3.05, 3.63) is 161 Å². The van der Waals surface area contributed by atoms with Crippen LogP contribution in [0.1, 0.15) is 97.3 Å². The smallest absolute Gasteiger partial charge is 0.224 e. The first-order valence-corrected chi connectivity index (χ1v) is 25.0. The van der Waals surface area contributed by atoms with E-state index in [0.717, 1.165) is 108 Å². The van der Waals surface area contributed by atoms with Crippen molar-refractivity contribution in [2.24, 2.45) is 0 Å². The number of aromatic amines is 2. The van der Waals surface area contributed by atoms with Crippen molar-refractivity contribution in [1.82, 2.24) is 19.9 Å². The van der Waals surface area contributed by atoms with Crippen LogP contribution in [0.3, 0.4) is 0 Å². The van der Waals surface area contributed by atoms with Crippen molar-refractivity contribution in [1.29, 1.82) is 0 Å². The van der Waals surface area contributed by atoms with Crippen molar-refractivity contribution < 1.29 is 4.79 Å². The Morgan fingerprint density at radius 2 is 0.758 bits per heavy atom. The first-order chi connectivity index (χ1) is 32.3. The van der Waals surface area contributed by atoms with E-state index in [2.05, 4.69) is 176 Å². The van der Waals surface area contributed by atoms with E-state index < -0.39 is 0 Å². The summed E-state index contributed by atoms with van der Waals surface area (Å²) < 4.78 is 0. The number of nitrogens with one attached hydrogen (secondary N) is 3. The minimum absolute atomic E-state index is 0.0622. The molecule has 2 aliphatic heterocycles. The Morgan fingerprint density at radius 1 is 0.439 bits per heavy atom. The van der Waals surface area contributed by atoms with Crippen LogP contribution >= 0.6 is 11.8 Å². The second-order valence-electron chi connectivity index (χ2n) is 17.8. The van der Waals surface area contributed by atoms with E-state index >= 15 is 0 Å². The van der Waals surface area contributed by atoms with Crippen LogP contribution in [0.25, 0.3) is 90.9 Å². The summed E-state index contributed by atoms with van der Waals surface area (Å²) in [5.41, 5.74) is 19.9. The molecule has 7 aromatic rings. The summed E-state index contributed by atoms with van der Waals surface area (Å²) in [5.74, 6) is 1.33. The van der Waals surface area contributed by atoms with Gasteiger partial charge in [-0.25, -0.2) is 9.97 Å². The van der Waals surface area contributed by atoms with E-state index in [0.29, 0.717) is 6.42 Å². The number of hydrogen-bond donors (Lipinski definition) is 3. The lowest BCUT2D eigenvalue weighted by atomic mass is 10.0. The third-order valence-corrected chi connectivity index (χ3v) is 13.4. The van der Waals surface area contributed by atoms with Gasteiger partial charge in [0, 0.05) is 56.4 Å². The summed E-state index contributed by atoms with van der Waals surface area (Å²) in [6, 6.07) is 42.9. The average molecular weight is 886 g/mol. The molecule has 2 aliphatic rings. The van der Waals surface area contributed by atoms with Crippen LogP contribution in [-0.2, 0) is 4.79 Å². The molecule has 9 rings (SSSR count). The third kappa shape index (κ3) is 10.2. The van der Waals surface area contributed by atoms with Crippen molar-refractivity contribution in [3.8, 4) is 44.5 Å². The summed E-state index contributed by atoms with van der Waals surface area (Å²) in [6.07, 6.45) is 21.0. The molecule has 0 saturated heterocycles. The monoisotopic (exact) mass is 885 g/mol. The van der Waals surface area contributed by atoms with Gasteiger partial charge in [0.25, 0.3) is 0 Å². The molecule has 3 N–H and O–H groups in total. The number of carbonyl (C=O) groups is 1. The molecular weight excluding hydrogens is 827 g/mol. The van der Waals surface area contributed by atoms with E-state index in [1.165, 1.54) is 61.0 Å². The summed E-state index contributed by atoms with van der Waals surface area (Å²) in [7, 11) is 0. The Bertz CT molecular complexity index is 3020. The lowest BCUT2D eigenvalue weighted by Crippen LogP contribution is -2.10. The number of carbonyl (C=O) groups excluding carboxylic acids is 1. The van der Waals surface area contributed by atoms with E-state index in [-0.39, 0.29) is 5.91 Å². The van der Waals surface area contributed by atoms with Crippen LogP contribution in [0.5, 0.6) is 0 Å². The molecule has 0 aliphatic carbocycles. The van der Waals surface area contributed by atoms with E-state index in [1.54, 1.807) is 0 Å². The largest absolute Gasteiger partial charge is 0.354 e. The van der Waals surface area contributed by atoms with Crippen LogP contribution in [0.4, 0.5) is 5.69 Å². The Kier molecular flexibility index (Phi) is 13.9. The van der Waals surface area contributed by atoms with Crippen LogP contribution < -0.4 is 5.32 Å². The first-order valence-electron chi connectivity index (χ1n) is 23.6. The molecule has 0 fully saturated rings. The van der Waals surface area contributed by atoms with Gasteiger partial charge in [-0.2, -0.15) is 11.8 Å². The van der Waals surface area contributed by atoms with Gasteiger partial charge in [0.1, 0.15) is 0 Å². The third-order valence-electron chi connectivity index (χ3n) is 12.7. The van der Waals surface area contributed by atoms with E-state index in [9.17, 15) is 4.79 Å². The van der Waals surface area contributed by atoms with Gasteiger partial charge in [-0.1, -0.05) is 140 Å². The fourth-order valence-corrected chi connectivity index (χ4v) is 9.61. The number of amides is 1. The van der Waals surface area contributed by atoms with Crippen LogP contribution in [0.15, 0.2) is 121 Å². The number of benzene rings is 4. The molecular formula is C59H59N5OS. The number of aromatic nitrogens is 4. The van der Waals surface area contributed by atoms with Crippen molar-refractivity contribution in [2.45, 2.75) is 78.6 Å². The molecule has 8 bridgehead atoms. The minimum atomic E-state index is 0.0622. The molecule has 0 saturated carbocycles. The zero-order valence-corrected chi connectivity index (χ0v) is 39.5. The van der Waals surface area contributed by atoms with Crippen molar-refractivity contribution in [2.75, 3.05) is 17.3 Å². The molecule has 3 aromatic heterocycles. The lowest BCUT2D eigenvalue weighted by Gasteiger charge is -2.09. The number of thioether (sulfide) groups is 1. The van der Waals surface area contributed by atoms with Gasteiger partial charge in [0.05, 0.1) is 22.8 Å². The Morgan fingerprint density at radius 3 is 1.11 bits per heavy atom. The number of nitrogens with zero attached hydrogens (tertiary/aromatic N) is 2. The fraction of sp³-hybridized carbons (Fsp3) is 0.237. The van der Waals surface area contributed by atoms with Gasteiger partial charge in [0.15, 0.2) is 0 Å². The number of fused-ring (bicyclic) bond motifs is 8. The highest BCUT2D eigenvalue weighted by atomic mass is 32.2. The molecule has 6 nitrogen and oxygen atoms in total. The molecule has 0 spiro atoms. The second kappa shape index (κ2) is 20.6. The molecule has 66 heavy (non-hydrogen) atoms. The van der Waals surface area contributed by atoms with Crippen LogP contribution in [-0.4, -0.2) is 37.9 Å². The Labute approximate surface area is 393 Å². The normalized spacial score (nSPS) is 11.9. The fourth-order valence-electron chi connectivity index (χ4n) is 9.12. The van der Waals surface area contributed by atoms with E-state index in [4.69, 9.17) is 9.97 Å². The molecule has 7 heteroatoms. The SMILES string of the molecule is CSCCCCCCCCCCC(=O)Nc1ccc(-c2c3nc(c(-c4ccc(C)cc4)c4ccc([nH]4)c(-c4ccc(C)cc4)c4nc(c(-c5ccc(C)cc5)c5ccc2[nH]5)C=C4)C=C3)cc1. The van der Waals surface area contributed by atoms with Gasteiger partial charge in [-0.05, 0) is 129 Å². The second-order valence-corrected chi connectivity index (χ2v) is 18.8. The highest BCUT2D eigenvalue weighted by molar-refractivity contribution is 7.98. The number of rotatable bonds is 16. The molecule has 0 atom stereocenters. The predicted molar refractivity (Wildman–Crippen MR) is 283 cm³/mol. The van der Waals surface area contributed by atoms with Gasteiger partial charge >= 0.3 is 0 Å². The molecule has 0 radical (unpaired) electrons. The summed E-state index contributed by atoms with van der Waals surface area (Å²) in [6.45, 7) is 6.35. The zero-order valence-electron chi connectivity index (χ0n) is 38.6. The number of anilines is 1. The average Bonchev–Trinajstić information content (AvgIpc) is 4.18. The summed E-state index contributed by atoms with van der Waals surface area (Å²) in [4.78, 5) is 31.7. The van der Waals surface area contributed by atoms with Crippen LogP contribution in [0, 0.1) is 20.8 Å². The maximum atomic E-state index is 13.1. The molecule has 4 aromatic carbocycles. The number of aryl methyl sites for hydroxylation is 3. The summed E-state index contributed by atoms with van der Waals surface area (Å²) in [5, 5.41) is 3.16. The van der Waals surface area contributed by atoms with Gasteiger partial charge in [0.2, 0.25) is 5.91 Å². The minimum Gasteiger partial charge on any atom is -0.354 e. The summed E-state index contributed by atoms with van der Waals surface area (Å²) >= 11 is 1.93. The standard InChI is InChI=1S/C59H59N5OS/c1-39-14-20-42(21-15-39)56-47-30-32-49(61-47)57(43-22-16-40(2)17-23-43)51-34-36-53(63-51)59(45-26-28-46(29-27-45)60-55(65)13-11-9-7-5-6-8-10-12-38-66-4)54-37-35-52(64-54)58(50-33-31-48(56)62-50)44-24-18-41(3)19-25-44/h14-37,61,64H,5-13,38H2,1-4H3,(H,60,65). The molecule has 332 valence electrons. The van der Waals surface area contributed by atoms with E-state index in [1.807, 2.05) is 23.9 Å². The van der Waals surface area contributed by atoms with Crippen LogP contribution in [0.2, 0.25) is 0 Å². The first kappa shape index (κ1) is 44.5. The van der Waals surface area contributed by atoms with Crippen molar-refractivity contribution in [3.63, 3.8) is 0 Å². The van der Waals surface area contributed by atoms with Gasteiger partial charge < -0.3 is 15.3 Å². The maximum Gasteiger partial charge on any atom is 0.224 e.